The molecule has 0 aromatic heterocycles. The van der Waals surface area contributed by atoms with Crippen LogP contribution in [-0.4, -0.2) is 34.5 Å². The smallest absolute Gasteiger partial charge is 0.323 e. The Morgan fingerprint density at radius 3 is 2.52 bits per heavy atom. The zero-order valence-electron chi connectivity index (χ0n) is 13.1. The quantitative estimate of drug-likeness (QED) is 0.854. The predicted octanol–water partition coefficient (Wildman–Crippen LogP) is 3.24. The number of carboxylic acid groups (broad SMARTS) is 1. The van der Waals surface area contributed by atoms with E-state index in [-0.39, 0.29) is 18.5 Å². The molecule has 2 aromatic rings. The topological polar surface area (TPSA) is 57.6 Å². The number of carbonyl (C=O) groups is 2. The average molecular weight is 311 g/mol. The van der Waals surface area contributed by atoms with Gasteiger partial charge in [0.1, 0.15) is 6.54 Å². The zero-order valence-corrected chi connectivity index (χ0v) is 13.1. The van der Waals surface area contributed by atoms with Crippen LogP contribution >= 0.6 is 0 Å². The van der Waals surface area contributed by atoms with E-state index in [1.807, 2.05) is 12.1 Å². The van der Waals surface area contributed by atoms with Crippen molar-refractivity contribution in [3.63, 3.8) is 0 Å². The summed E-state index contributed by atoms with van der Waals surface area (Å²) >= 11 is 0. The summed E-state index contributed by atoms with van der Waals surface area (Å²) in [7, 11) is 0. The van der Waals surface area contributed by atoms with Crippen molar-refractivity contribution in [2.75, 3.05) is 6.54 Å². The van der Waals surface area contributed by atoms with Gasteiger partial charge in [-0.25, -0.2) is 0 Å². The van der Waals surface area contributed by atoms with E-state index < -0.39 is 5.97 Å². The summed E-state index contributed by atoms with van der Waals surface area (Å²) in [5.41, 5.74) is 1.22. The Bertz CT molecular complexity index is 721. The van der Waals surface area contributed by atoms with Crippen LogP contribution in [0.15, 0.2) is 42.5 Å². The monoisotopic (exact) mass is 311 g/mol. The standard InChI is InChI=1S/C19H21NO3/c21-18(20(13-19(22)23)17-10-11-17)7-3-4-14-8-9-15-5-1-2-6-16(15)12-14/h1-2,5-6,8-9,12,17H,3-4,7,10-11,13H2,(H,22,23). The number of fused-ring (bicyclic) bond motifs is 1. The first kappa shape index (κ1) is 15.5. The molecular weight excluding hydrogens is 290 g/mol. The summed E-state index contributed by atoms with van der Waals surface area (Å²) in [6.07, 6.45) is 3.87. The zero-order chi connectivity index (χ0) is 16.2. The summed E-state index contributed by atoms with van der Waals surface area (Å²) < 4.78 is 0. The molecule has 1 fully saturated rings. The molecule has 0 spiro atoms. The van der Waals surface area contributed by atoms with Gasteiger partial charge >= 0.3 is 5.97 Å². The van der Waals surface area contributed by atoms with E-state index in [9.17, 15) is 9.59 Å². The molecule has 0 atom stereocenters. The summed E-state index contributed by atoms with van der Waals surface area (Å²) in [5, 5.41) is 11.3. The molecule has 1 aliphatic rings. The van der Waals surface area contributed by atoms with E-state index in [0.29, 0.717) is 6.42 Å². The Balaban J connectivity index is 1.55. The Hall–Kier alpha value is -2.36. The normalized spacial score (nSPS) is 13.9. The number of nitrogens with zero attached hydrogens (tertiary/aromatic N) is 1. The largest absolute Gasteiger partial charge is 0.480 e. The van der Waals surface area contributed by atoms with Crippen molar-refractivity contribution in [1.82, 2.24) is 4.90 Å². The lowest BCUT2D eigenvalue weighted by molar-refractivity contribution is -0.144. The van der Waals surface area contributed by atoms with Crippen LogP contribution in [0.1, 0.15) is 31.2 Å². The third-order valence-electron chi connectivity index (χ3n) is 4.28. The number of carboxylic acids is 1. The number of amides is 1. The summed E-state index contributed by atoms with van der Waals surface area (Å²) in [4.78, 5) is 24.6. The molecular formula is C19H21NO3. The van der Waals surface area contributed by atoms with Gasteiger partial charge in [-0.2, -0.15) is 0 Å². The molecule has 2 aromatic carbocycles. The molecule has 1 saturated carbocycles. The van der Waals surface area contributed by atoms with Gasteiger partial charge in [0, 0.05) is 12.5 Å². The molecule has 0 heterocycles. The second-order valence-corrected chi connectivity index (χ2v) is 6.18. The van der Waals surface area contributed by atoms with Crippen molar-refractivity contribution in [3.8, 4) is 0 Å². The molecule has 1 aliphatic carbocycles. The minimum absolute atomic E-state index is 0.0318. The van der Waals surface area contributed by atoms with Crippen LogP contribution in [0.4, 0.5) is 0 Å². The number of aryl methyl sites for hydroxylation is 1. The van der Waals surface area contributed by atoms with Crippen molar-refractivity contribution in [1.29, 1.82) is 0 Å². The molecule has 4 nitrogen and oxygen atoms in total. The van der Waals surface area contributed by atoms with Crippen molar-refractivity contribution in [3.05, 3.63) is 48.0 Å². The van der Waals surface area contributed by atoms with Gasteiger partial charge in [0.05, 0.1) is 0 Å². The number of hydrogen-bond acceptors (Lipinski definition) is 2. The van der Waals surface area contributed by atoms with Crippen LogP contribution in [0, 0.1) is 0 Å². The van der Waals surface area contributed by atoms with Crippen LogP contribution in [0.25, 0.3) is 10.8 Å². The van der Waals surface area contributed by atoms with Crippen LogP contribution in [0.3, 0.4) is 0 Å². The molecule has 0 saturated heterocycles. The third-order valence-corrected chi connectivity index (χ3v) is 4.28. The highest BCUT2D eigenvalue weighted by Crippen LogP contribution is 2.27. The lowest BCUT2D eigenvalue weighted by Crippen LogP contribution is -2.37. The minimum Gasteiger partial charge on any atom is -0.480 e. The Morgan fingerprint density at radius 2 is 1.83 bits per heavy atom. The first-order valence-electron chi connectivity index (χ1n) is 8.12. The molecule has 4 heteroatoms. The number of hydrogen-bond donors (Lipinski definition) is 1. The van der Waals surface area contributed by atoms with E-state index in [0.717, 1.165) is 25.7 Å². The second-order valence-electron chi connectivity index (χ2n) is 6.18. The SMILES string of the molecule is O=C(O)CN(C(=O)CCCc1ccc2ccccc2c1)C1CC1. The fraction of sp³-hybridized carbons (Fsp3) is 0.368. The third kappa shape index (κ3) is 4.09. The lowest BCUT2D eigenvalue weighted by Gasteiger charge is -2.20. The Labute approximate surface area is 135 Å². The highest BCUT2D eigenvalue weighted by atomic mass is 16.4. The van der Waals surface area contributed by atoms with Crippen molar-refractivity contribution in [2.45, 2.75) is 38.1 Å². The van der Waals surface area contributed by atoms with Gasteiger partial charge < -0.3 is 10.0 Å². The van der Waals surface area contributed by atoms with Gasteiger partial charge in [-0.3, -0.25) is 9.59 Å². The molecule has 0 radical (unpaired) electrons. The van der Waals surface area contributed by atoms with Crippen LogP contribution in [0.2, 0.25) is 0 Å². The first-order chi connectivity index (χ1) is 11.1. The van der Waals surface area contributed by atoms with Gasteiger partial charge in [-0.1, -0.05) is 42.5 Å². The molecule has 23 heavy (non-hydrogen) atoms. The van der Waals surface area contributed by atoms with E-state index in [4.69, 9.17) is 5.11 Å². The molecule has 1 N–H and O–H groups in total. The van der Waals surface area contributed by atoms with Crippen molar-refractivity contribution < 1.29 is 14.7 Å². The summed E-state index contributed by atoms with van der Waals surface area (Å²) in [6, 6.07) is 14.7. The van der Waals surface area contributed by atoms with Crippen molar-refractivity contribution in [2.24, 2.45) is 0 Å². The van der Waals surface area contributed by atoms with Gasteiger partial charge in [-0.05, 0) is 42.0 Å². The van der Waals surface area contributed by atoms with E-state index in [1.54, 1.807) is 0 Å². The maximum Gasteiger partial charge on any atom is 0.323 e. The number of aliphatic carboxylic acids is 1. The number of rotatable bonds is 7. The first-order valence-corrected chi connectivity index (χ1v) is 8.12. The molecule has 120 valence electrons. The molecule has 0 aliphatic heterocycles. The number of carbonyl (C=O) groups excluding carboxylic acids is 1. The van der Waals surface area contributed by atoms with E-state index >= 15 is 0 Å². The summed E-state index contributed by atoms with van der Waals surface area (Å²) in [6.45, 7) is -0.167. The van der Waals surface area contributed by atoms with Crippen LogP contribution in [-0.2, 0) is 16.0 Å². The van der Waals surface area contributed by atoms with Crippen LogP contribution < -0.4 is 0 Å². The molecule has 3 rings (SSSR count). The highest BCUT2D eigenvalue weighted by Gasteiger charge is 2.33. The highest BCUT2D eigenvalue weighted by molar-refractivity contribution is 5.83. The molecule has 0 unspecified atom stereocenters. The average Bonchev–Trinajstić information content (AvgIpc) is 3.37. The van der Waals surface area contributed by atoms with E-state index in [2.05, 4.69) is 30.3 Å². The fourth-order valence-corrected chi connectivity index (χ4v) is 2.93. The predicted molar refractivity (Wildman–Crippen MR) is 89.3 cm³/mol. The maximum atomic E-state index is 12.2. The molecule has 0 bridgehead atoms. The Morgan fingerprint density at radius 1 is 1.09 bits per heavy atom. The van der Waals surface area contributed by atoms with Gasteiger partial charge in [0.2, 0.25) is 5.91 Å². The minimum atomic E-state index is -0.931. The van der Waals surface area contributed by atoms with Gasteiger partial charge in [-0.15, -0.1) is 0 Å². The number of benzene rings is 2. The maximum absolute atomic E-state index is 12.2. The Kier molecular flexibility index (Phi) is 4.60. The second kappa shape index (κ2) is 6.82. The molecule has 1 amide bonds. The fourth-order valence-electron chi connectivity index (χ4n) is 2.93. The van der Waals surface area contributed by atoms with Crippen LogP contribution in [0.5, 0.6) is 0 Å². The summed E-state index contributed by atoms with van der Waals surface area (Å²) in [5.74, 6) is -0.963. The van der Waals surface area contributed by atoms with Gasteiger partial charge in [0.15, 0.2) is 0 Å². The van der Waals surface area contributed by atoms with Crippen molar-refractivity contribution >= 4 is 22.6 Å². The van der Waals surface area contributed by atoms with E-state index in [1.165, 1.54) is 21.2 Å². The lowest BCUT2D eigenvalue weighted by atomic mass is 10.0. The van der Waals surface area contributed by atoms with Gasteiger partial charge in [0.25, 0.3) is 0 Å².